The molecular weight excluding hydrogens is 208 g/mol. The third-order valence-electron chi connectivity index (χ3n) is 2.57. The number of carbonyl (C=O) groups excluding carboxylic acids is 1. The fourth-order valence-electron chi connectivity index (χ4n) is 1.29. The summed E-state index contributed by atoms with van der Waals surface area (Å²) in [6.45, 7) is 7.19. The first-order valence-corrected chi connectivity index (χ1v) is 5.54. The van der Waals surface area contributed by atoms with Gasteiger partial charge >= 0.3 is 5.97 Å². The van der Waals surface area contributed by atoms with Gasteiger partial charge in [-0.25, -0.2) is 0 Å². The van der Waals surface area contributed by atoms with Crippen molar-refractivity contribution in [3.63, 3.8) is 0 Å². The summed E-state index contributed by atoms with van der Waals surface area (Å²) in [5.74, 6) is -1.48. The molecule has 0 rings (SSSR count). The van der Waals surface area contributed by atoms with Crippen molar-refractivity contribution >= 4 is 11.9 Å². The van der Waals surface area contributed by atoms with E-state index in [1.165, 1.54) is 0 Å². The highest BCUT2D eigenvalue weighted by Gasteiger charge is 2.23. The lowest BCUT2D eigenvalue weighted by molar-refractivity contribution is -0.142. The van der Waals surface area contributed by atoms with Gasteiger partial charge in [0, 0.05) is 6.04 Å². The molecule has 0 fully saturated rings. The van der Waals surface area contributed by atoms with Gasteiger partial charge in [0.05, 0.1) is 12.0 Å². The van der Waals surface area contributed by atoms with Gasteiger partial charge in [-0.05, 0) is 26.2 Å². The molecule has 0 radical (unpaired) electrons. The molecule has 0 aromatic rings. The zero-order valence-corrected chi connectivity index (χ0v) is 10.4. The van der Waals surface area contributed by atoms with Gasteiger partial charge in [0.25, 0.3) is 0 Å². The standard InChI is InChI=1S/C11H22N2O3/c1-6(2)5-9(12)10(14)13-8(4)7(3)11(15)16/h6-9H,5,12H2,1-4H3,(H,13,14)(H,15,16). The molecule has 3 atom stereocenters. The summed E-state index contributed by atoms with van der Waals surface area (Å²) in [5.41, 5.74) is 5.68. The first-order valence-electron chi connectivity index (χ1n) is 5.54. The second kappa shape index (κ2) is 6.48. The number of nitrogens with two attached hydrogens (primary N) is 1. The van der Waals surface area contributed by atoms with E-state index < -0.39 is 24.0 Å². The molecule has 0 aromatic carbocycles. The zero-order valence-electron chi connectivity index (χ0n) is 10.4. The molecule has 3 unspecified atom stereocenters. The molecule has 0 saturated carbocycles. The molecule has 0 saturated heterocycles. The van der Waals surface area contributed by atoms with Crippen molar-refractivity contribution in [2.24, 2.45) is 17.6 Å². The largest absolute Gasteiger partial charge is 0.481 e. The van der Waals surface area contributed by atoms with Crippen LogP contribution in [-0.4, -0.2) is 29.1 Å². The fourth-order valence-corrected chi connectivity index (χ4v) is 1.29. The summed E-state index contributed by atoms with van der Waals surface area (Å²) in [4.78, 5) is 22.3. The number of rotatable bonds is 6. The van der Waals surface area contributed by atoms with E-state index in [1.54, 1.807) is 13.8 Å². The van der Waals surface area contributed by atoms with Gasteiger partial charge in [-0.1, -0.05) is 13.8 Å². The highest BCUT2D eigenvalue weighted by atomic mass is 16.4. The number of carbonyl (C=O) groups is 2. The highest BCUT2D eigenvalue weighted by molar-refractivity contribution is 5.82. The lowest BCUT2D eigenvalue weighted by Gasteiger charge is -2.21. The Balaban J connectivity index is 4.18. The van der Waals surface area contributed by atoms with Crippen LogP contribution in [-0.2, 0) is 9.59 Å². The number of hydrogen-bond donors (Lipinski definition) is 3. The molecule has 16 heavy (non-hydrogen) atoms. The van der Waals surface area contributed by atoms with Crippen LogP contribution in [0.1, 0.15) is 34.1 Å². The third kappa shape index (κ3) is 5.11. The Morgan fingerprint density at radius 1 is 1.25 bits per heavy atom. The van der Waals surface area contributed by atoms with E-state index in [0.717, 1.165) is 0 Å². The molecule has 94 valence electrons. The van der Waals surface area contributed by atoms with Crippen LogP contribution in [0.4, 0.5) is 0 Å². The third-order valence-corrected chi connectivity index (χ3v) is 2.57. The Morgan fingerprint density at radius 2 is 1.75 bits per heavy atom. The number of nitrogens with one attached hydrogen (secondary N) is 1. The maximum atomic E-state index is 11.6. The molecule has 0 aromatic heterocycles. The van der Waals surface area contributed by atoms with Gasteiger partial charge in [0.1, 0.15) is 0 Å². The van der Waals surface area contributed by atoms with E-state index in [0.29, 0.717) is 12.3 Å². The van der Waals surface area contributed by atoms with Gasteiger partial charge in [0.15, 0.2) is 0 Å². The molecule has 0 aliphatic carbocycles. The van der Waals surface area contributed by atoms with E-state index in [9.17, 15) is 9.59 Å². The maximum Gasteiger partial charge on any atom is 0.308 e. The van der Waals surface area contributed by atoms with E-state index >= 15 is 0 Å². The summed E-state index contributed by atoms with van der Waals surface area (Å²) in [6, 6.07) is -0.980. The fraction of sp³-hybridized carbons (Fsp3) is 0.818. The van der Waals surface area contributed by atoms with Crippen molar-refractivity contribution in [2.75, 3.05) is 0 Å². The monoisotopic (exact) mass is 230 g/mol. The van der Waals surface area contributed by atoms with Crippen molar-refractivity contribution in [1.82, 2.24) is 5.32 Å². The number of carboxylic acids is 1. The van der Waals surface area contributed by atoms with Crippen LogP contribution in [0.3, 0.4) is 0 Å². The SMILES string of the molecule is CC(C)CC(N)C(=O)NC(C)C(C)C(=O)O. The van der Waals surface area contributed by atoms with Gasteiger partial charge in [-0.3, -0.25) is 9.59 Å². The molecule has 5 nitrogen and oxygen atoms in total. The molecular formula is C11H22N2O3. The van der Waals surface area contributed by atoms with Crippen LogP contribution >= 0.6 is 0 Å². The topological polar surface area (TPSA) is 92.4 Å². The smallest absolute Gasteiger partial charge is 0.308 e. The maximum absolute atomic E-state index is 11.6. The predicted octanol–water partition coefficient (Wildman–Crippen LogP) is 0.585. The van der Waals surface area contributed by atoms with Crippen LogP contribution < -0.4 is 11.1 Å². The van der Waals surface area contributed by atoms with Crippen molar-refractivity contribution in [3.8, 4) is 0 Å². The van der Waals surface area contributed by atoms with Gasteiger partial charge < -0.3 is 16.2 Å². The number of amides is 1. The van der Waals surface area contributed by atoms with Crippen LogP contribution in [0, 0.1) is 11.8 Å². The zero-order chi connectivity index (χ0) is 12.9. The number of carboxylic acid groups (broad SMARTS) is 1. The van der Waals surface area contributed by atoms with Crippen LogP contribution in [0.25, 0.3) is 0 Å². The lowest BCUT2D eigenvalue weighted by Crippen LogP contribution is -2.48. The molecule has 0 aliphatic heterocycles. The minimum absolute atomic E-state index is 0.283. The van der Waals surface area contributed by atoms with Crippen molar-refractivity contribution in [3.05, 3.63) is 0 Å². The summed E-state index contributed by atoms with van der Waals surface area (Å²) in [5, 5.41) is 11.4. The molecule has 5 heteroatoms. The van der Waals surface area contributed by atoms with Gasteiger partial charge in [-0.2, -0.15) is 0 Å². The molecule has 0 bridgehead atoms. The van der Waals surface area contributed by atoms with E-state index in [2.05, 4.69) is 5.32 Å². The Kier molecular flexibility index (Phi) is 6.03. The Morgan fingerprint density at radius 3 is 2.12 bits per heavy atom. The van der Waals surface area contributed by atoms with Gasteiger partial charge in [0.2, 0.25) is 5.91 Å². The van der Waals surface area contributed by atoms with Crippen molar-refractivity contribution in [1.29, 1.82) is 0 Å². The summed E-state index contributed by atoms with van der Waals surface area (Å²) in [7, 11) is 0. The Bertz CT molecular complexity index is 254. The van der Waals surface area contributed by atoms with Crippen molar-refractivity contribution < 1.29 is 14.7 Å². The average molecular weight is 230 g/mol. The Labute approximate surface area is 96.4 Å². The van der Waals surface area contributed by atoms with Crippen LogP contribution in [0.15, 0.2) is 0 Å². The van der Waals surface area contributed by atoms with E-state index in [4.69, 9.17) is 10.8 Å². The summed E-state index contributed by atoms with van der Waals surface area (Å²) < 4.78 is 0. The molecule has 0 spiro atoms. The summed E-state index contributed by atoms with van der Waals surface area (Å²) in [6.07, 6.45) is 0.597. The normalized spacial score (nSPS) is 16.6. The quantitative estimate of drug-likeness (QED) is 0.622. The molecule has 0 aliphatic rings. The highest BCUT2D eigenvalue weighted by Crippen LogP contribution is 2.05. The van der Waals surface area contributed by atoms with E-state index in [-0.39, 0.29) is 5.91 Å². The molecule has 1 amide bonds. The van der Waals surface area contributed by atoms with Crippen molar-refractivity contribution in [2.45, 2.75) is 46.2 Å². The minimum Gasteiger partial charge on any atom is -0.481 e. The number of aliphatic carboxylic acids is 1. The van der Waals surface area contributed by atoms with E-state index in [1.807, 2.05) is 13.8 Å². The minimum atomic E-state index is -0.926. The first-order chi connectivity index (χ1) is 7.25. The summed E-state index contributed by atoms with van der Waals surface area (Å²) >= 11 is 0. The molecule has 0 heterocycles. The van der Waals surface area contributed by atoms with Crippen LogP contribution in [0.5, 0.6) is 0 Å². The second-order valence-electron chi connectivity index (χ2n) is 4.66. The second-order valence-corrected chi connectivity index (χ2v) is 4.66. The van der Waals surface area contributed by atoms with Crippen LogP contribution in [0.2, 0.25) is 0 Å². The number of hydrogen-bond acceptors (Lipinski definition) is 3. The average Bonchev–Trinajstić information content (AvgIpc) is 2.14. The molecule has 4 N–H and O–H groups in total. The lowest BCUT2D eigenvalue weighted by atomic mass is 10.0. The van der Waals surface area contributed by atoms with Gasteiger partial charge in [-0.15, -0.1) is 0 Å². The predicted molar refractivity (Wildman–Crippen MR) is 61.8 cm³/mol. The Hall–Kier alpha value is -1.10. The first kappa shape index (κ1) is 14.9.